The highest BCUT2D eigenvalue weighted by atomic mass is 14.3. The Morgan fingerprint density at radius 1 is 0.600 bits per heavy atom. The predicted octanol–water partition coefficient (Wildman–Crippen LogP) is 2.20. The van der Waals surface area contributed by atoms with Crippen LogP contribution in [0, 0.1) is 56.7 Å². The van der Waals surface area contributed by atoms with Gasteiger partial charge >= 0.3 is 0 Å². The molecule has 0 atom stereocenters. The molecule has 5 heteroatoms. The average molecular weight is 253 g/mol. The van der Waals surface area contributed by atoms with Crippen molar-refractivity contribution in [2.75, 3.05) is 0 Å². The molecule has 0 N–H and O–H groups in total. The normalized spacial score (nSPS) is 8.75. The fourth-order valence-electron chi connectivity index (χ4n) is 2.08. The van der Waals surface area contributed by atoms with Gasteiger partial charge in [0.2, 0.25) is 0 Å². The molecule has 0 spiro atoms. The van der Waals surface area contributed by atoms with E-state index in [4.69, 9.17) is 15.8 Å². The second kappa shape index (κ2) is 4.80. The smallest absolute Gasteiger partial charge is 0.102 e. The molecule has 0 saturated heterocycles. The van der Waals surface area contributed by atoms with Gasteiger partial charge in [0, 0.05) is 10.8 Å². The van der Waals surface area contributed by atoms with E-state index in [1.54, 1.807) is 24.3 Å². The molecule has 0 amide bonds. The second-order valence-electron chi connectivity index (χ2n) is 3.79. The van der Waals surface area contributed by atoms with Gasteiger partial charge in [0.25, 0.3) is 0 Å². The topological polar surface area (TPSA) is 119 Å². The average Bonchev–Trinajstić information content (AvgIpc) is 2.51. The maximum absolute atomic E-state index is 9.25. The Hall–Kier alpha value is -3.85. The van der Waals surface area contributed by atoms with Crippen LogP contribution >= 0.6 is 0 Å². The Morgan fingerprint density at radius 3 is 1.65 bits per heavy atom. The summed E-state index contributed by atoms with van der Waals surface area (Å²) in [5.41, 5.74) is -0.141. The molecule has 2 rings (SSSR count). The lowest BCUT2D eigenvalue weighted by Crippen LogP contribution is -1.99. The Bertz CT molecular complexity index is 950. The fraction of sp³-hybridized carbons (Fsp3) is 0. The highest BCUT2D eigenvalue weighted by Gasteiger charge is 2.21. The van der Waals surface area contributed by atoms with Crippen molar-refractivity contribution in [1.82, 2.24) is 0 Å². The minimum atomic E-state index is -0.165. The summed E-state index contributed by atoms with van der Waals surface area (Å²) in [6.07, 6.45) is 0. The number of hydrogen-bond acceptors (Lipinski definition) is 5. The highest BCUT2D eigenvalue weighted by molar-refractivity contribution is 6.00. The number of nitrogens with zero attached hydrogens (tertiary/aromatic N) is 5. The Morgan fingerprint density at radius 2 is 1.15 bits per heavy atom. The molecule has 0 heterocycles. The largest absolute Gasteiger partial charge is 0.192 e. The molecule has 0 saturated carbocycles. The van der Waals surface area contributed by atoms with Gasteiger partial charge in [-0.15, -0.1) is 0 Å². The summed E-state index contributed by atoms with van der Waals surface area (Å²) < 4.78 is 0. The van der Waals surface area contributed by atoms with Gasteiger partial charge in [-0.05, 0) is 6.07 Å². The molecule has 88 valence electrons. The van der Waals surface area contributed by atoms with Crippen LogP contribution in [0.5, 0.6) is 0 Å². The number of benzene rings is 2. The minimum Gasteiger partial charge on any atom is -0.192 e. The molecule has 0 radical (unpaired) electrons. The van der Waals surface area contributed by atoms with Crippen LogP contribution < -0.4 is 0 Å². The van der Waals surface area contributed by atoms with Crippen LogP contribution in [-0.2, 0) is 0 Å². The molecule has 0 bridgehead atoms. The first-order valence-electron chi connectivity index (χ1n) is 5.36. The van der Waals surface area contributed by atoms with Crippen molar-refractivity contribution in [2.45, 2.75) is 0 Å². The molecule has 2 aromatic carbocycles. The van der Waals surface area contributed by atoms with Gasteiger partial charge < -0.3 is 0 Å². The van der Waals surface area contributed by atoms with E-state index in [2.05, 4.69) is 0 Å². The summed E-state index contributed by atoms with van der Waals surface area (Å²) >= 11 is 0. The molecule has 0 aliphatic carbocycles. The van der Waals surface area contributed by atoms with Gasteiger partial charge in [-0.3, -0.25) is 0 Å². The molecular formula is C15H3N5. The predicted molar refractivity (Wildman–Crippen MR) is 67.5 cm³/mol. The molecule has 2 aromatic rings. The maximum Gasteiger partial charge on any atom is 0.102 e. The van der Waals surface area contributed by atoms with Crippen molar-refractivity contribution in [1.29, 1.82) is 26.3 Å². The van der Waals surface area contributed by atoms with Gasteiger partial charge in [-0.2, -0.15) is 26.3 Å². The number of hydrogen-bond donors (Lipinski definition) is 0. The van der Waals surface area contributed by atoms with E-state index in [-0.39, 0.29) is 33.2 Å². The van der Waals surface area contributed by atoms with Crippen molar-refractivity contribution in [3.05, 3.63) is 46.0 Å². The fourth-order valence-corrected chi connectivity index (χ4v) is 2.08. The van der Waals surface area contributed by atoms with Crippen LogP contribution in [0.1, 0.15) is 27.8 Å². The minimum absolute atomic E-state index is 0.00940. The van der Waals surface area contributed by atoms with E-state index in [9.17, 15) is 10.5 Å². The summed E-state index contributed by atoms with van der Waals surface area (Å²) in [7, 11) is 0. The zero-order valence-corrected chi connectivity index (χ0v) is 9.97. The Kier molecular flexibility index (Phi) is 3.02. The third kappa shape index (κ3) is 1.52. The second-order valence-corrected chi connectivity index (χ2v) is 3.79. The third-order valence-corrected chi connectivity index (χ3v) is 2.90. The summed E-state index contributed by atoms with van der Waals surface area (Å²) in [6, 6.07) is 13.8. The lowest BCUT2D eigenvalue weighted by atomic mass is 9.89. The standard InChI is InChI=1S/C15H3N5/c16-4-9-2-1-3-10-11(5-17)12(6-18)13(7-19)14(8-20)15(9)10/h1-3H. The SMILES string of the molecule is N#Cc1c(C#N)c(C#N)c2c(C#N)cccc2c1C#N. The maximum atomic E-state index is 9.25. The van der Waals surface area contributed by atoms with Crippen LogP contribution in [0.4, 0.5) is 0 Å². The number of rotatable bonds is 0. The van der Waals surface area contributed by atoms with E-state index in [0.29, 0.717) is 5.39 Å². The van der Waals surface area contributed by atoms with Gasteiger partial charge in [0.1, 0.15) is 24.3 Å². The molecule has 0 aromatic heterocycles. The van der Waals surface area contributed by atoms with Crippen LogP contribution in [0.2, 0.25) is 0 Å². The van der Waals surface area contributed by atoms with E-state index >= 15 is 0 Å². The van der Waals surface area contributed by atoms with Crippen molar-refractivity contribution < 1.29 is 0 Å². The molecule has 0 unspecified atom stereocenters. The molecule has 20 heavy (non-hydrogen) atoms. The van der Waals surface area contributed by atoms with Gasteiger partial charge in [0.15, 0.2) is 0 Å². The first-order chi connectivity index (χ1) is 9.73. The zero-order chi connectivity index (χ0) is 14.7. The Balaban J connectivity index is 3.30. The summed E-state index contributed by atoms with van der Waals surface area (Å²) in [5.74, 6) is 0. The van der Waals surface area contributed by atoms with E-state index in [1.165, 1.54) is 6.07 Å². The Labute approximate surface area is 114 Å². The van der Waals surface area contributed by atoms with Crippen molar-refractivity contribution in [3.8, 4) is 30.3 Å². The lowest BCUT2D eigenvalue weighted by molar-refractivity contribution is 1.39. The zero-order valence-electron chi connectivity index (χ0n) is 9.97. The van der Waals surface area contributed by atoms with Crippen LogP contribution in [-0.4, -0.2) is 0 Å². The lowest BCUT2D eigenvalue weighted by Gasteiger charge is -2.08. The number of fused-ring (bicyclic) bond motifs is 1. The van der Waals surface area contributed by atoms with Crippen LogP contribution in [0.15, 0.2) is 18.2 Å². The summed E-state index contributed by atoms with van der Waals surface area (Å²) in [5, 5.41) is 46.5. The van der Waals surface area contributed by atoms with Crippen molar-refractivity contribution >= 4 is 10.8 Å². The highest BCUT2D eigenvalue weighted by Crippen LogP contribution is 2.31. The van der Waals surface area contributed by atoms with Crippen LogP contribution in [0.3, 0.4) is 0 Å². The number of nitriles is 5. The molecule has 5 nitrogen and oxygen atoms in total. The third-order valence-electron chi connectivity index (χ3n) is 2.90. The van der Waals surface area contributed by atoms with Gasteiger partial charge in [-0.25, -0.2) is 0 Å². The van der Waals surface area contributed by atoms with Gasteiger partial charge in [0.05, 0.1) is 33.9 Å². The first kappa shape index (κ1) is 12.6. The van der Waals surface area contributed by atoms with E-state index < -0.39 is 0 Å². The summed E-state index contributed by atoms with van der Waals surface area (Å²) in [4.78, 5) is 0. The van der Waals surface area contributed by atoms with E-state index in [1.807, 2.05) is 18.2 Å². The monoisotopic (exact) mass is 253 g/mol. The molecule has 0 fully saturated rings. The molecule has 0 aliphatic heterocycles. The quantitative estimate of drug-likeness (QED) is 0.712. The molecular weight excluding hydrogens is 250 g/mol. The van der Waals surface area contributed by atoms with E-state index in [0.717, 1.165) is 0 Å². The van der Waals surface area contributed by atoms with Crippen molar-refractivity contribution in [2.24, 2.45) is 0 Å². The van der Waals surface area contributed by atoms with Gasteiger partial charge in [-0.1, -0.05) is 12.1 Å². The summed E-state index contributed by atoms with van der Waals surface area (Å²) in [6.45, 7) is 0. The van der Waals surface area contributed by atoms with Crippen LogP contribution in [0.25, 0.3) is 10.8 Å². The first-order valence-corrected chi connectivity index (χ1v) is 5.36. The molecule has 0 aliphatic rings. The van der Waals surface area contributed by atoms with Crippen molar-refractivity contribution in [3.63, 3.8) is 0 Å².